The quantitative estimate of drug-likeness (QED) is 0.764. The second kappa shape index (κ2) is 4.64. The zero-order valence-electron chi connectivity index (χ0n) is 11.6. The summed E-state index contributed by atoms with van der Waals surface area (Å²) in [5, 5.41) is 0. The molecule has 3 nitrogen and oxygen atoms in total. The van der Waals surface area contributed by atoms with Crippen LogP contribution in [-0.4, -0.2) is 37.1 Å². The predicted molar refractivity (Wildman–Crippen MR) is 73.9 cm³/mol. The molecule has 3 heteroatoms. The highest BCUT2D eigenvalue weighted by Crippen LogP contribution is 2.47. The molecule has 2 fully saturated rings. The van der Waals surface area contributed by atoms with Crippen LogP contribution in [0.3, 0.4) is 0 Å². The fourth-order valence-corrected chi connectivity index (χ4v) is 3.94. The van der Waals surface area contributed by atoms with Gasteiger partial charge in [-0.05, 0) is 38.3 Å². The molecule has 3 rings (SSSR count). The van der Waals surface area contributed by atoms with Crippen LogP contribution in [0.5, 0.6) is 0 Å². The van der Waals surface area contributed by atoms with Gasteiger partial charge in [-0.3, -0.25) is 4.79 Å². The van der Waals surface area contributed by atoms with Crippen LogP contribution in [0.4, 0.5) is 0 Å². The summed E-state index contributed by atoms with van der Waals surface area (Å²) in [5.41, 5.74) is 0.681. The van der Waals surface area contributed by atoms with E-state index in [0.717, 1.165) is 18.4 Å². The van der Waals surface area contributed by atoms with Crippen molar-refractivity contribution in [1.29, 1.82) is 0 Å². The van der Waals surface area contributed by atoms with Crippen molar-refractivity contribution in [2.24, 2.45) is 0 Å². The zero-order chi connectivity index (χ0) is 13.5. The van der Waals surface area contributed by atoms with E-state index < -0.39 is 5.41 Å². The van der Waals surface area contributed by atoms with Gasteiger partial charge in [0.1, 0.15) is 0 Å². The molecule has 2 heterocycles. The molecule has 0 spiro atoms. The zero-order valence-corrected chi connectivity index (χ0v) is 11.6. The van der Waals surface area contributed by atoms with Gasteiger partial charge >= 0.3 is 5.97 Å². The lowest BCUT2D eigenvalue weighted by molar-refractivity contribution is -0.150. The van der Waals surface area contributed by atoms with Crippen molar-refractivity contribution in [3.05, 3.63) is 35.9 Å². The lowest BCUT2D eigenvalue weighted by atomic mass is 9.70. The lowest BCUT2D eigenvalue weighted by Gasteiger charge is -2.43. The largest absolute Gasteiger partial charge is 0.468 e. The Hall–Kier alpha value is -1.35. The van der Waals surface area contributed by atoms with Crippen LogP contribution in [0, 0.1) is 0 Å². The van der Waals surface area contributed by atoms with Gasteiger partial charge in [0.05, 0.1) is 12.5 Å². The maximum Gasteiger partial charge on any atom is 0.316 e. The topological polar surface area (TPSA) is 29.5 Å². The van der Waals surface area contributed by atoms with Crippen LogP contribution in [0.2, 0.25) is 0 Å². The monoisotopic (exact) mass is 259 g/mol. The maximum atomic E-state index is 12.5. The number of esters is 1. The van der Waals surface area contributed by atoms with Crippen LogP contribution in [0.25, 0.3) is 0 Å². The van der Waals surface area contributed by atoms with Crippen LogP contribution in [0.1, 0.15) is 31.2 Å². The average Bonchev–Trinajstić information content (AvgIpc) is 2.69. The number of carbonyl (C=O) groups is 1. The number of fused-ring (bicyclic) bond motifs is 2. The number of carbonyl (C=O) groups excluding carboxylic acids is 1. The molecule has 2 bridgehead atoms. The highest BCUT2D eigenvalue weighted by molar-refractivity contribution is 5.83. The first-order valence-corrected chi connectivity index (χ1v) is 7.03. The molecule has 19 heavy (non-hydrogen) atoms. The highest BCUT2D eigenvalue weighted by Gasteiger charge is 2.52. The Labute approximate surface area is 114 Å². The van der Waals surface area contributed by atoms with E-state index in [1.807, 2.05) is 18.2 Å². The number of ether oxygens (including phenoxy) is 1. The second-order valence-corrected chi connectivity index (χ2v) is 5.90. The van der Waals surface area contributed by atoms with Crippen molar-refractivity contribution >= 4 is 5.97 Å². The summed E-state index contributed by atoms with van der Waals surface area (Å²) in [4.78, 5) is 14.9. The first-order chi connectivity index (χ1) is 9.17. The van der Waals surface area contributed by atoms with Gasteiger partial charge in [0.2, 0.25) is 0 Å². The molecule has 2 aliphatic heterocycles. The third-order valence-corrected chi connectivity index (χ3v) is 5.06. The van der Waals surface area contributed by atoms with Crippen molar-refractivity contribution < 1.29 is 9.53 Å². The van der Waals surface area contributed by atoms with E-state index in [-0.39, 0.29) is 5.97 Å². The number of nitrogens with zero attached hydrogens (tertiary/aromatic N) is 1. The number of piperidine rings is 1. The fourth-order valence-electron chi connectivity index (χ4n) is 3.94. The number of hydrogen-bond acceptors (Lipinski definition) is 3. The SMILES string of the molecule is COC(=O)C1(c2ccccc2)CC2CCC(C1)N2C. The number of hydrogen-bond donors (Lipinski definition) is 0. The number of rotatable bonds is 2. The average molecular weight is 259 g/mol. The standard InChI is InChI=1S/C16H21NO2/c1-17-13-8-9-14(17)11-16(10-13,15(18)19-2)12-6-4-3-5-7-12/h3-7,13-14H,8-11H2,1-2H3. The van der Waals surface area contributed by atoms with Gasteiger partial charge in [0.25, 0.3) is 0 Å². The number of benzene rings is 1. The molecule has 0 amide bonds. The van der Waals surface area contributed by atoms with Gasteiger partial charge < -0.3 is 9.64 Å². The van der Waals surface area contributed by atoms with E-state index in [4.69, 9.17) is 4.74 Å². The molecule has 0 saturated carbocycles. The van der Waals surface area contributed by atoms with Crippen LogP contribution >= 0.6 is 0 Å². The van der Waals surface area contributed by atoms with E-state index in [9.17, 15) is 4.79 Å². The second-order valence-electron chi connectivity index (χ2n) is 5.90. The molecular weight excluding hydrogens is 238 g/mol. The minimum atomic E-state index is -0.436. The Morgan fingerprint density at radius 3 is 2.32 bits per heavy atom. The molecule has 2 saturated heterocycles. The smallest absolute Gasteiger partial charge is 0.316 e. The normalized spacial score (nSPS) is 34.2. The Balaban J connectivity index is 2.02. The summed E-state index contributed by atoms with van der Waals surface area (Å²) in [6.45, 7) is 0. The van der Waals surface area contributed by atoms with Crippen molar-refractivity contribution in [3.8, 4) is 0 Å². The van der Waals surface area contributed by atoms with Gasteiger partial charge in [0, 0.05) is 12.1 Å². The van der Waals surface area contributed by atoms with Gasteiger partial charge in [-0.1, -0.05) is 30.3 Å². The Morgan fingerprint density at radius 2 is 1.79 bits per heavy atom. The van der Waals surface area contributed by atoms with E-state index >= 15 is 0 Å². The van der Waals surface area contributed by atoms with Crippen molar-refractivity contribution in [3.63, 3.8) is 0 Å². The van der Waals surface area contributed by atoms with E-state index in [1.165, 1.54) is 20.0 Å². The molecule has 2 aliphatic rings. The molecule has 0 aromatic heterocycles. The molecule has 0 radical (unpaired) electrons. The van der Waals surface area contributed by atoms with E-state index in [0.29, 0.717) is 12.1 Å². The summed E-state index contributed by atoms with van der Waals surface area (Å²) in [7, 11) is 3.70. The Morgan fingerprint density at radius 1 is 1.21 bits per heavy atom. The van der Waals surface area contributed by atoms with Crippen molar-refractivity contribution in [2.45, 2.75) is 43.2 Å². The summed E-state index contributed by atoms with van der Waals surface area (Å²) >= 11 is 0. The molecular formula is C16H21NO2. The lowest BCUT2D eigenvalue weighted by Crippen LogP contribution is -2.51. The Kier molecular flexibility index (Phi) is 3.09. The van der Waals surface area contributed by atoms with Crippen molar-refractivity contribution in [2.75, 3.05) is 14.2 Å². The molecule has 0 aliphatic carbocycles. The number of methoxy groups -OCH3 is 1. The maximum absolute atomic E-state index is 12.5. The summed E-state index contributed by atoms with van der Waals surface area (Å²) in [6.07, 6.45) is 4.17. The van der Waals surface area contributed by atoms with Gasteiger partial charge in [-0.25, -0.2) is 0 Å². The van der Waals surface area contributed by atoms with Gasteiger partial charge in [-0.15, -0.1) is 0 Å². The highest BCUT2D eigenvalue weighted by atomic mass is 16.5. The molecule has 2 unspecified atom stereocenters. The van der Waals surface area contributed by atoms with Gasteiger partial charge in [0.15, 0.2) is 0 Å². The molecule has 2 atom stereocenters. The summed E-state index contributed by atoms with van der Waals surface area (Å²) < 4.78 is 5.15. The minimum Gasteiger partial charge on any atom is -0.468 e. The van der Waals surface area contributed by atoms with Crippen LogP contribution in [0.15, 0.2) is 30.3 Å². The van der Waals surface area contributed by atoms with Crippen LogP contribution in [-0.2, 0) is 14.9 Å². The van der Waals surface area contributed by atoms with E-state index in [1.54, 1.807) is 0 Å². The first kappa shape index (κ1) is 12.7. The fraction of sp³-hybridized carbons (Fsp3) is 0.562. The molecule has 102 valence electrons. The molecule has 1 aromatic rings. The summed E-state index contributed by atoms with van der Waals surface area (Å²) in [6, 6.07) is 11.2. The minimum absolute atomic E-state index is 0.0660. The Bertz CT molecular complexity index is 457. The van der Waals surface area contributed by atoms with Crippen LogP contribution < -0.4 is 0 Å². The predicted octanol–water partition coefficient (Wildman–Crippen LogP) is 2.35. The summed E-state index contributed by atoms with van der Waals surface area (Å²) in [5.74, 6) is -0.0660. The third kappa shape index (κ3) is 1.88. The third-order valence-electron chi connectivity index (χ3n) is 5.06. The molecule has 0 N–H and O–H groups in total. The molecule has 1 aromatic carbocycles. The van der Waals surface area contributed by atoms with Gasteiger partial charge in [-0.2, -0.15) is 0 Å². The van der Waals surface area contributed by atoms with Crippen molar-refractivity contribution in [1.82, 2.24) is 4.90 Å². The van der Waals surface area contributed by atoms with E-state index in [2.05, 4.69) is 24.1 Å². The first-order valence-electron chi connectivity index (χ1n) is 7.03.